The average molecular weight is 444 g/mol. The highest BCUT2D eigenvalue weighted by Gasteiger charge is 2.29. The van der Waals surface area contributed by atoms with Crippen LogP contribution in [-0.2, 0) is 11.8 Å². The first-order valence-electron chi connectivity index (χ1n) is 12.2. The Kier molecular flexibility index (Phi) is 16.0. The lowest BCUT2D eigenvalue weighted by Gasteiger charge is -2.19. The largest absolute Gasteiger partial charge is 0.382 e. The smallest absolute Gasteiger partial charge is 0.0345 e. The number of hydrogen-bond acceptors (Lipinski definition) is 1. The van der Waals surface area contributed by atoms with Crippen molar-refractivity contribution >= 4 is 11.3 Å². The molecule has 1 nitrogen and oxygen atoms in total. The van der Waals surface area contributed by atoms with E-state index in [9.17, 15) is 0 Å². The molecule has 0 spiro atoms. The van der Waals surface area contributed by atoms with E-state index in [1.807, 2.05) is 70.2 Å². The zero-order valence-corrected chi connectivity index (χ0v) is 22.0. The van der Waals surface area contributed by atoms with E-state index in [1.54, 1.807) is 0 Å². The van der Waals surface area contributed by atoms with Gasteiger partial charge in [-0.05, 0) is 79.0 Å². The maximum atomic E-state index is 5.22. The number of aryl methyl sites for hydroxylation is 1. The molecule has 0 atom stereocenters. The van der Waals surface area contributed by atoms with E-state index in [0.29, 0.717) is 5.41 Å². The van der Waals surface area contributed by atoms with E-state index in [-0.39, 0.29) is 0 Å². The van der Waals surface area contributed by atoms with Crippen molar-refractivity contribution in [2.24, 2.45) is 0 Å². The summed E-state index contributed by atoms with van der Waals surface area (Å²) in [5.41, 5.74) is 7.03. The molecule has 1 aliphatic carbocycles. The first-order valence-corrected chi connectivity index (χ1v) is 12.2. The Morgan fingerprint density at radius 2 is 1.73 bits per heavy atom. The van der Waals surface area contributed by atoms with Crippen LogP contribution in [-0.4, -0.2) is 6.54 Å². The average Bonchev–Trinajstić information content (AvgIpc) is 3.17. The second-order valence-electron chi connectivity index (χ2n) is 8.15. The van der Waals surface area contributed by atoms with Crippen molar-refractivity contribution in [2.75, 3.05) is 11.9 Å². The third kappa shape index (κ3) is 10.9. The molecule has 178 valence electrons. The van der Waals surface area contributed by atoms with E-state index in [1.165, 1.54) is 40.8 Å². The van der Waals surface area contributed by atoms with E-state index in [0.717, 1.165) is 13.0 Å². The van der Waals surface area contributed by atoms with Gasteiger partial charge in [-0.2, -0.15) is 0 Å². The van der Waals surface area contributed by atoms with E-state index >= 15 is 0 Å². The molecule has 0 radical (unpaired) electrons. The molecule has 3 rings (SSSR count). The quantitative estimate of drug-likeness (QED) is 0.358. The summed E-state index contributed by atoms with van der Waals surface area (Å²) < 4.78 is 0. The van der Waals surface area contributed by atoms with E-state index in [4.69, 9.17) is 6.42 Å². The first-order chi connectivity index (χ1) is 15.9. The van der Waals surface area contributed by atoms with Crippen molar-refractivity contribution < 1.29 is 0 Å². The molecule has 0 heterocycles. The lowest BCUT2D eigenvalue weighted by Crippen LogP contribution is -2.12. The Balaban J connectivity index is 0.000000511. The Hall–Kier alpha value is -2.98. The second kappa shape index (κ2) is 17.6. The van der Waals surface area contributed by atoms with Gasteiger partial charge in [-0.15, -0.1) is 13.0 Å². The third-order valence-electron chi connectivity index (χ3n) is 5.43. The summed E-state index contributed by atoms with van der Waals surface area (Å²) >= 11 is 0. The van der Waals surface area contributed by atoms with Crippen molar-refractivity contribution in [3.63, 3.8) is 0 Å². The number of hydrogen-bond donors (Lipinski definition) is 1. The minimum absolute atomic E-state index is 0.348. The molecule has 2 aromatic carbocycles. The minimum atomic E-state index is 0.348. The number of fused-ring (bicyclic) bond motifs is 1. The number of terminal acetylenes is 1. The summed E-state index contributed by atoms with van der Waals surface area (Å²) in [7, 11) is 0. The van der Waals surface area contributed by atoms with Gasteiger partial charge < -0.3 is 5.32 Å². The van der Waals surface area contributed by atoms with E-state index in [2.05, 4.69) is 68.9 Å². The van der Waals surface area contributed by atoms with Gasteiger partial charge in [0, 0.05) is 12.2 Å². The van der Waals surface area contributed by atoms with Gasteiger partial charge >= 0.3 is 0 Å². The summed E-state index contributed by atoms with van der Waals surface area (Å²) in [5.74, 6) is 2.56. The van der Waals surface area contributed by atoms with Gasteiger partial charge in [-0.25, -0.2) is 0 Å². The summed E-state index contributed by atoms with van der Waals surface area (Å²) in [6.07, 6.45) is 16.4. The molecule has 0 fully saturated rings. The highest BCUT2D eigenvalue weighted by Crippen LogP contribution is 2.39. The summed E-state index contributed by atoms with van der Waals surface area (Å²) in [4.78, 5) is 0. The van der Waals surface area contributed by atoms with Gasteiger partial charge in [0.2, 0.25) is 0 Å². The standard InChI is InChI=1S/C14H19N.C12H12.C4H8.C2H6/c1-4-9-15-12-6-5-11-7-8-14(2,3)13(11)10-12;1-3-8-11(4-2)12-9-6-5-7-10-12;1-3-4-2;1-2/h4-6,10,15H,1,7-9H2,2-3H3;1,5-10H,4H2,2H3;3-4H,1-2H3;1-2H3/b;11-8+;4-3-;. The van der Waals surface area contributed by atoms with Gasteiger partial charge in [0.1, 0.15) is 0 Å². The molecule has 2 aromatic rings. The van der Waals surface area contributed by atoms with Crippen LogP contribution in [0.25, 0.3) is 5.57 Å². The molecular formula is C32H45N. The van der Waals surface area contributed by atoms with Gasteiger partial charge in [-0.3, -0.25) is 0 Å². The summed E-state index contributed by atoms with van der Waals surface area (Å²) in [6, 6.07) is 16.9. The fourth-order valence-electron chi connectivity index (χ4n) is 3.45. The summed E-state index contributed by atoms with van der Waals surface area (Å²) in [6.45, 7) is 19.3. The van der Waals surface area contributed by atoms with E-state index < -0.39 is 0 Å². The Morgan fingerprint density at radius 3 is 2.24 bits per heavy atom. The number of rotatable bonds is 5. The molecule has 1 N–H and O–H groups in total. The SMILES string of the molecule is C#C/C=C(\CC)c1ccccc1.C/C=C\C.C=CCNc1ccc2c(c1)C(C)(C)CC2.CC. The summed E-state index contributed by atoms with van der Waals surface area (Å²) in [5, 5.41) is 3.34. The van der Waals surface area contributed by atoms with Crippen LogP contribution in [0.3, 0.4) is 0 Å². The Labute approximate surface area is 204 Å². The predicted molar refractivity (Wildman–Crippen MR) is 152 cm³/mol. The molecule has 0 aromatic heterocycles. The van der Waals surface area contributed by atoms with Crippen molar-refractivity contribution in [2.45, 2.75) is 73.1 Å². The molecule has 0 amide bonds. The molecule has 1 heteroatoms. The number of allylic oxidation sites excluding steroid dienone is 4. The topological polar surface area (TPSA) is 12.0 Å². The second-order valence-corrected chi connectivity index (χ2v) is 8.15. The minimum Gasteiger partial charge on any atom is -0.382 e. The molecular weight excluding hydrogens is 398 g/mol. The molecule has 0 bridgehead atoms. The molecule has 0 aliphatic heterocycles. The Morgan fingerprint density at radius 1 is 1.09 bits per heavy atom. The van der Waals surface area contributed by atoms with Gasteiger partial charge in [-0.1, -0.05) is 95.2 Å². The first kappa shape index (κ1) is 30.0. The monoisotopic (exact) mass is 443 g/mol. The van der Waals surface area contributed by atoms with Crippen molar-refractivity contribution in [1.29, 1.82) is 0 Å². The fraction of sp³-hybridized carbons (Fsp3) is 0.375. The van der Waals surface area contributed by atoms with Crippen molar-refractivity contribution in [3.05, 3.63) is 96.1 Å². The predicted octanol–water partition coefficient (Wildman–Crippen LogP) is 9.23. The number of benzene rings is 2. The normalized spacial score (nSPS) is 13.1. The van der Waals surface area contributed by atoms with Crippen LogP contribution < -0.4 is 5.32 Å². The number of anilines is 1. The lowest BCUT2D eigenvalue weighted by molar-refractivity contribution is 0.522. The highest BCUT2D eigenvalue weighted by molar-refractivity contribution is 5.67. The highest BCUT2D eigenvalue weighted by atomic mass is 14.9. The maximum absolute atomic E-state index is 5.22. The van der Waals surface area contributed by atoms with Gasteiger partial charge in [0.05, 0.1) is 0 Å². The van der Waals surface area contributed by atoms with Crippen LogP contribution in [0.15, 0.2) is 79.4 Å². The molecule has 0 saturated heterocycles. The zero-order chi connectivity index (χ0) is 25.1. The van der Waals surface area contributed by atoms with Crippen molar-refractivity contribution in [3.8, 4) is 12.3 Å². The maximum Gasteiger partial charge on any atom is 0.0345 e. The molecule has 33 heavy (non-hydrogen) atoms. The van der Waals surface area contributed by atoms with Gasteiger partial charge in [0.25, 0.3) is 0 Å². The fourth-order valence-corrected chi connectivity index (χ4v) is 3.45. The molecule has 0 unspecified atom stereocenters. The van der Waals surface area contributed by atoms with Crippen LogP contribution in [0.1, 0.15) is 78.0 Å². The third-order valence-corrected chi connectivity index (χ3v) is 5.43. The van der Waals surface area contributed by atoms with Crippen LogP contribution in [0.2, 0.25) is 0 Å². The van der Waals surface area contributed by atoms with Crippen LogP contribution in [0.4, 0.5) is 5.69 Å². The Bertz CT molecular complexity index is 888. The van der Waals surface area contributed by atoms with Crippen LogP contribution in [0, 0.1) is 12.3 Å². The van der Waals surface area contributed by atoms with Gasteiger partial charge in [0.15, 0.2) is 0 Å². The van der Waals surface area contributed by atoms with Crippen LogP contribution >= 0.6 is 0 Å². The zero-order valence-electron chi connectivity index (χ0n) is 22.0. The van der Waals surface area contributed by atoms with Crippen molar-refractivity contribution in [1.82, 2.24) is 0 Å². The molecule has 0 saturated carbocycles. The molecule has 1 aliphatic rings. The van der Waals surface area contributed by atoms with Crippen LogP contribution in [0.5, 0.6) is 0 Å². The number of nitrogens with one attached hydrogen (secondary N) is 1. The lowest BCUT2D eigenvalue weighted by atomic mass is 9.86.